The second-order valence-corrected chi connectivity index (χ2v) is 4.74. The summed E-state index contributed by atoms with van der Waals surface area (Å²) in [5, 5.41) is 4.21. The molecule has 4 nitrogen and oxygen atoms in total. The molecule has 0 spiro atoms. The van der Waals surface area contributed by atoms with E-state index in [0.717, 1.165) is 11.4 Å². The molecular formula is C11H19N3OS. The van der Waals surface area contributed by atoms with E-state index >= 15 is 0 Å². The van der Waals surface area contributed by atoms with Crippen LogP contribution in [0.25, 0.3) is 0 Å². The van der Waals surface area contributed by atoms with E-state index in [1.165, 1.54) is 11.5 Å². The van der Waals surface area contributed by atoms with Crippen molar-refractivity contribution < 1.29 is 4.74 Å². The van der Waals surface area contributed by atoms with Gasteiger partial charge in [0.05, 0.1) is 6.10 Å². The molecule has 1 rings (SSSR count). The number of hydrogen-bond donors (Lipinski definition) is 2. The number of rotatable bonds is 6. The standard InChI is InChI=1S/C11H19N3OS/c1-5-6-8(4)13-11-9(15-7(2)3)10(12)14-16-11/h5,7-8,13H,1,6H2,2-4H3,(H2,12,14). The van der Waals surface area contributed by atoms with Crippen LogP contribution < -0.4 is 15.8 Å². The second kappa shape index (κ2) is 5.75. The minimum atomic E-state index is 0.0916. The maximum Gasteiger partial charge on any atom is 0.197 e. The van der Waals surface area contributed by atoms with Crippen molar-refractivity contribution in [2.24, 2.45) is 0 Å². The zero-order valence-electron chi connectivity index (χ0n) is 9.99. The number of hydrogen-bond acceptors (Lipinski definition) is 5. The highest BCUT2D eigenvalue weighted by molar-refractivity contribution is 7.11. The lowest BCUT2D eigenvalue weighted by atomic mass is 10.2. The first-order valence-corrected chi connectivity index (χ1v) is 6.11. The summed E-state index contributed by atoms with van der Waals surface area (Å²) >= 11 is 1.33. The number of nitrogens with zero attached hydrogens (tertiary/aromatic N) is 1. The van der Waals surface area contributed by atoms with Gasteiger partial charge in [-0.1, -0.05) is 6.08 Å². The molecule has 1 atom stereocenters. The van der Waals surface area contributed by atoms with Crippen LogP contribution in [0.3, 0.4) is 0 Å². The summed E-state index contributed by atoms with van der Waals surface area (Å²) in [6.07, 6.45) is 2.86. The molecule has 3 N–H and O–H groups in total. The lowest BCUT2D eigenvalue weighted by molar-refractivity contribution is 0.245. The van der Waals surface area contributed by atoms with Crippen molar-refractivity contribution in [2.45, 2.75) is 39.3 Å². The van der Waals surface area contributed by atoms with Crippen molar-refractivity contribution in [3.8, 4) is 5.75 Å². The van der Waals surface area contributed by atoms with E-state index in [1.807, 2.05) is 19.9 Å². The second-order valence-electron chi connectivity index (χ2n) is 3.96. The highest BCUT2D eigenvalue weighted by Crippen LogP contribution is 2.36. The fraction of sp³-hybridized carbons (Fsp3) is 0.545. The van der Waals surface area contributed by atoms with Crippen LogP contribution in [-0.4, -0.2) is 16.5 Å². The number of nitrogen functional groups attached to an aromatic ring is 1. The van der Waals surface area contributed by atoms with Crippen LogP contribution in [0, 0.1) is 0 Å². The Morgan fingerprint density at radius 2 is 2.25 bits per heavy atom. The summed E-state index contributed by atoms with van der Waals surface area (Å²) in [5.41, 5.74) is 5.75. The summed E-state index contributed by atoms with van der Waals surface area (Å²) < 4.78 is 9.72. The first kappa shape index (κ1) is 12.8. The van der Waals surface area contributed by atoms with Gasteiger partial charge in [-0.2, -0.15) is 4.37 Å². The molecule has 1 aromatic heterocycles. The highest BCUT2D eigenvalue weighted by atomic mass is 32.1. The van der Waals surface area contributed by atoms with Gasteiger partial charge in [0.15, 0.2) is 16.6 Å². The number of nitrogens with one attached hydrogen (secondary N) is 1. The van der Waals surface area contributed by atoms with Crippen LogP contribution >= 0.6 is 11.5 Å². The maximum absolute atomic E-state index is 5.75. The van der Waals surface area contributed by atoms with E-state index in [1.54, 1.807) is 0 Å². The SMILES string of the molecule is C=CCC(C)Nc1snc(N)c1OC(C)C. The molecule has 0 saturated carbocycles. The quantitative estimate of drug-likeness (QED) is 0.752. The van der Waals surface area contributed by atoms with E-state index < -0.39 is 0 Å². The minimum Gasteiger partial charge on any atom is -0.484 e. The van der Waals surface area contributed by atoms with Crippen molar-refractivity contribution in [1.29, 1.82) is 0 Å². The van der Waals surface area contributed by atoms with Crippen molar-refractivity contribution in [3.63, 3.8) is 0 Å². The van der Waals surface area contributed by atoms with Crippen LogP contribution in [-0.2, 0) is 0 Å². The van der Waals surface area contributed by atoms with E-state index in [0.29, 0.717) is 17.6 Å². The Hall–Kier alpha value is -1.23. The third-order valence-electron chi connectivity index (χ3n) is 1.93. The van der Waals surface area contributed by atoms with Crippen molar-refractivity contribution >= 4 is 22.4 Å². The topological polar surface area (TPSA) is 60.2 Å². The van der Waals surface area contributed by atoms with Gasteiger partial charge >= 0.3 is 0 Å². The van der Waals surface area contributed by atoms with E-state index in [-0.39, 0.29) is 6.10 Å². The summed E-state index contributed by atoms with van der Waals surface area (Å²) in [4.78, 5) is 0. The fourth-order valence-electron chi connectivity index (χ4n) is 1.27. The molecule has 1 unspecified atom stereocenters. The van der Waals surface area contributed by atoms with Crippen LogP contribution in [0.2, 0.25) is 0 Å². The summed E-state index contributed by atoms with van der Waals surface area (Å²) in [5.74, 6) is 1.11. The Morgan fingerprint density at radius 3 is 2.81 bits per heavy atom. The summed E-state index contributed by atoms with van der Waals surface area (Å²) in [6, 6.07) is 0.298. The number of aromatic nitrogens is 1. The number of anilines is 2. The molecule has 0 amide bonds. The molecule has 0 saturated heterocycles. The van der Waals surface area contributed by atoms with Crippen molar-refractivity contribution in [2.75, 3.05) is 11.1 Å². The Morgan fingerprint density at radius 1 is 1.56 bits per heavy atom. The van der Waals surface area contributed by atoms with Gasteiger partial charge in [0.2, 0.25) is 0 Å². The largest absolute Gasteiger partial charge is 0.484 e. The molecule has 0 aliphatic carbocycles. The predicted molar refractivity (Wildman–Crippen MR) is 70.2 cm³/mol. The molecule has 0 fully saturated rings. The Balaban J connectivity index is 2.75. The number of nitrogens with two attached hydrogens (primary N) is 1. The van der Waals surface area contributed by atoms with Crippen LogP contribution in [0.1, 0.15) is 27.2 Å². The molecule has 0 radical (unpaired) electrons. The third kappa shape index (κ3) is 3.41. The van der Waals surface area contributed by atoms with E-state index in [4.69, 9.17) is 10.5 Å². The number of ether oxygens (including phenoxy) is 1. The van der Waals surface area contributed by atoms with Gasteiger partial charge in [-0.25, -0.2) is 0 Å². The Labute approximate surface area is 101 Å². The molecular weight excluding hydrogens is 222 g/mol. The zero-order valence-corrected chi connectivity index (χ0v) is 10.8. The van der Waals surface area contributed by atoms with E-state index in [9.17, 15) is 0 Å². The average molecular weight is 241 g/mol. The molecule has 90 valence electrons. The van der Waals surface area contributed by atoms with Gasteiger partial charge in [0, 0.05) is 6.04 Å². The Bertz CT molecular complexity index is 349. The minimum absolute atomic E-state index is 0.0916. The van der Waals surface area contributed by atoms with E-state index in [2.05, 4.69) is 23.2 Å². The summed E-state index contributed by atoms with van der Waals surface area (Å²) in [7, 11) is 0. The predicted octanol–water partition coefficient (Wildman–Crippen LogP) is 2.89. The fourth-order valence-corrected chi connectivity index (χ4v) is 2.03. The lowest BCUT2D eigenvalue weighted by Crippen LogP contribution is -2.15. The third-order valence-corrected chi connectivity index (χ3v) is 2.70. The molecule has 1 aromatic rings. The molecule has 0 aliphatic heterocycles. The molecule has 0 aliphatic rings. The molecule has 16 heavy (non-hydrogen) atoms. The van der Waals surface area contributed by atoms with Gasteiger partial charge < -0.3 is 15.8 Å². The first-order valence-electron chi connectivity index (χ1n) is 5.33. The van der Waals surface area contributed by atoms with Gasteiger partial charge in [-0.3, -0.25) is 0 Å². The molecule has 0 aromatic carbocycles. The molecule has 1 heterocycles. The summed E-state index contributed by atoms with van der Waals surface area (Å²) in [6.45, 7) is 9.72. The average Bonchev–Trinajstić information content (AvgIpc) is 2.49. The monoisotopic (exact) mass is 241 g/mol. The van der Waals surface area contributed by atoms with Gasteiger partial charge in [-0.15, -0.1) is 6.58 Å². The van der Waals surface area contributed by atoms with Gasteiger partial charge in [-0.05, 0) is 38.7 Å². The van der Waals surface area contributed by atoms with Crippen LogP contribution in [0.4, 0.5) is 10.8 Å². The normalized spacial score (nSPS) is 12.5. The Kier molecular flexibility index (Phi) is 4.61. The van der Waals surface area contributed by atoms with Crippen molar-refractivity contribution in [3.05, 3.63) is 12.7 Å². The van der Waals surface area contributed by atoms with Crippen LogP contribution in [0.5, 0.6) is 5.75 Å². The lowest BCUT2D eigenvalue weighted by Gasteiger charge is -2.15. The van der Waals surface area contributed by atoms with Gasteiger partial charge in [0.25, 0.3) is 0 Å². The van der Waals surface area contributed by atoms with Crippen molar-refractivity contribution in [1.82, 2.24) is 4.37 Å². The zero-order chi connectivity index (χ0) is 12.1. The first-order chi connectivity index (χ1) is 7.54. The smallest absolute Gasteiger partial charge is 0.197 e. The highest BCUT2D eigenvalue weighted by Gasteiger charge is 2.15. The molecule has 0 bridgehead atoms. The maximum atomic E-state index is 5.75. The van der Waals surface area contributed by atoms with Gasteiger partial charge in [0.1, 0.15) is 0 Å². The van der Waals surface area contributed by atoms with Crippen LogP contribution in [0.15, 0.2) is 12.7 Å². The molecule has 5 heteroatoms.